The number of rotatable bonds is 9. The first-order valence-electron chi connectivity index (χ1n) is 11.0. The molecule has 0 atom stereocenters. The van der Waals surface area contributed by atoms with E-state index in [2.05, 4.69) is 28.7 Å². The molecule has 0 bridgehead atoms. The van der Waals surface area contributed by atoms with Gasteiger partial charge in [0.15, 0.2) is 11.5 Å². The summed E-state index contributed by atoms with van der Waals surface area (Å²) >= 11 is 0. The number of hydrogen-bond acceptors (Lipinski definition) is 6. The van der Waals surface area contributed by atoms with Crippen LogP contribution in [0.15, 0.2) is 90.0 Å². The van der Waals surface area contributed by atoms with Gasteiger partial charge in [-0.15, -0.1) is 0 Å². The Labute approximate surface area is 202 Å². The van der Waals surface area contributed by atoms with Crippen LogP contribution in [-0.2, 0) is 6.61 Å². The Hall–Kier alpha value is -4.72. The molecule has 0 aliphatic rings. The maximum atomic E-state index is 12.3. The third-order valence-corrected chi connectivity index (χ3v) is 5.26. The number of carbonyl (C=O) groups excluding carboxylic acids is 1. The van der Waals surface area contributed by atoms with E-state index in [1.165, 1.54) is 24.4 Å². The van der Waals surface area contributed by atoms with Crippen molar-refractivity contribution in [2.45, 2.75) is 13.5 Å². The van der Waals surface area contributed by atoms with Crippen molar-refractivity contribution >= 4 is 28.6 Å². The van der Waals surface area contributed by atoms with Gasteiger partial charge in [-0.3, -0.25) is 14.9 Å². The second-order valence-electron chi connectivity index (χ2n) is 7.54. The highest BCUT2D eigenvalue weighted by molar-refractivity contribution is 5.98. The fraction of sp³-hybridized carbons (Fsp3) is 0.111. The fourth-order valence-electron chi connectivity index (χ4n) is 3.62. The quantitative estimate of drug-likeness (QED) is 0.198. The second kappa shape index (κ2) is 10.9. The number of hydrogen-bond donors (Lipinski definition) is 1. The van der Waals surface area contributed by atoms with Crippen LogP contribution in [-0.4, -0.2) is 23.7 Å². The molecule has 176 valence electrons. The molecule has 0 spiro atoms. The number of hydrazone groups is 1. The highest BCUT2D eigenvalue weighted by atomic mass is 16.6. The van der Waals surface area contributed by atoms with Gasteiger partial charge in [0.25, 0.3) is 11.6 Å². The molecule has 4 aromatic carbocycles. The monoisotopic (exact) mass is 469 g/mol. The molecule has 1 N–H and O–H groups in total. The average molecular weight is 469 g/mol. The van der Waals surface area contributed by atoms with E-state index in [1.807, 2.05) is 31.2 Å². The number of nitro groups is 1. The van der Waals surface area contributed by atoms with Crippen molar-refractivity contribution in [3.05, 3.63) is 112 Å². The molecule has 0 saturated carbocycles. The maximum Gasteiger partial charge on any atom is 0.282 e. The van der Waals surface area contributed by atoms with E-state index >= 15 is 0 Å². The molecule has 1 amide bonds. The van der Waals surface area contributed by atoms with Crippen molar-refractivity contribution in [1.82, 2.24) is 5.43 Å². The third kappa shape index (κ3) is 5.62. The number of nitrogens with one attached hydrogen (secondary N) is 1. The molecule has 0 unspecified atom stereocenters. The van der Waals surface area contributed by atoms with Crippen molar-refractivity contribution in [2.75, 3.05) is 6.61 Å². The van der Waals surface area contributed by atoms with E-state index in [-0.39, 0.29) is 11.3 Å². The largest absolute Gasteiger partial charge is 0.490 e. The van der Waals surface area contributed by atoms with Crippen molar-refractivity contribution in [3.8, 4) is 11.5 Å². The Morgan fingerprint density at radius 3 is 2.57 bits per heavy atom. The molecule has 0 radical (unpaired) electrons. The minimum Gasteiger partial charge on any atom is -0.490 e. The number of amides is 1. The van der Waals surface area contributed by atoms with E-state index in [0.717, 1.165) is 16.3 Å². The van der Waals surface area contributed by atoms with Gasteiger partial charge in [0.05, 0.1) is 17.7 Å². The summed E-state index contributed by atoms with van der Waals surface area (Å²) in [6.07, 6.45) is 1.43. The highest BCUT2D eigenvalue weighted by Gasteiger charge is 2.18. The topological polar surface area (TPSA) is 103 Å². The minimum absolute atomic E-state index is 0.0677. The molecule has 0 aliphatic carbocycles. The number of fused-ring (bicyclic) bond motifs is 1. The maximum absolute atomic E-state index is 12.3. The van der Waals surface area contributed by atoms with Gasteiger partial charge in [0, 0.05) is 6.07 Å². The molecule has 0 heterocycles. The highest BCUT2D eigenvalue weighted by Crippen LogP contribution is 2.30. The van der Waals surface area contributed by atoms with E-state index < -0.39 is 10.8 Å². The summed E-state index contributed by atoms with van der Waals surface area (Å²) < 4.78 is 11.8. The molecule has 0 fully saturated rings. The zero-order valence-corrected chi connectivity index (χ0v) is 19.0. The summed E-state index contributed by atoms with van der Waals surface area (Å²) in [7, 11) is 0. The van der Waals surface area contributed by atoms with Crippen LogP contribution in [0.4, 0.5) is 5.69 Å². The lowest BCUT2D eigenvalue weighted by molar-refractivity contribution is -0.385. The first kappa shape index (κ1) is 23.4. The van der Waals surface area contributed by atoms with Crippen LogP contribution in [0.3, 0.4) is 0 Å². The SMILES string of the molecule is CCOc1cc(/C=N\NC(=O)c2ccccc2[N+](=O)[O-])ccc1OCc1cccc2ccccc12. The Morgan fingerprint density at radius 2 is 1.74 bits per heavy atom. The number of para-hydroxylation sites is 1. The molecule has 0 aromatic heterocycles. The predicted molar refractivity (Wildman–Crippen MR) is 134 cm³/mol. The van der Waals surface area contributed by atoms with Crippen molar-refractivity contribution < 1.29 is 19.2 Å². The van der Waals surface area contributed by atoms with Crippen molar-refractivity contribution in [2.24, 2.45) is 5.10 Å². The summed E-state index contributed by atoms with van der Waals surface area (Å²) in [5.74, 6) is 0.455. The van der Waals surface area contributed by atoms with Gasteiger partial charge < -0.3 is 9.47 Å². The van der Waals surface area contributed by atoms with Crippen LogP contribution in [0.5, 0.6) is 11.5 Å². The Morgan fingerprint density at radius 1 is 0.971 bits per heavy atom. The summed E-state index contributed by atoms with van der Waals surface area (Å²) in [5, 5.41) is 17.3. The lowest BCUT2D eigenvalue weighted by atomic mass is 10.1. The summed E-state index contributed by atoms with van der Waals surface area (Å²) in [6, 6.07) is 25.2. The van der Waals surface area contributed by atoms with Gasteiger partial charge in [-0.25, -0.2) is 5.43 Å². The zero-order chi connectivity index (χ0) is 24.6. The Bertz CT molecular complexity index is 1400. The van der Waals surface area contributed by atoms with Gasteiger partial charge in [-0.2, -0.15) is 5.10 Å². The lowest BCUT2D eigenvalue weighted by Crippen LogP contribution is -2.18. The van der Waals surface area contributed by atoms with Gasteiger partial charge in [0.1, 0.15) is 12.2 Å². The number of carbonyl (C=O) groups is 1. The molecular formula is C27H23N3O5. The summed E-state index contributed by atoms with van der Waals surface area (Å²) in [4.78, 5) is 22.8. The average Bonchev–Trinajstić information content (AvgIpc) is 2.88. The van der Waals surface area contributed by atoms with Crippen molar-refractivity contribution in [3.63, 3.8) is 0 Å². The van der Waals surface area contributed by atoms with Crippen LogP contribution < -0.4 is 14.9 Å². The van der Waals surface area contributed by atoms with Gasteiger partial charge >= 0.3 is 0 Å². The van der Waals surface area contributed by atoms with Gasteiger partial charge in [-0.05, 0) is 53.1 Å². The second-order valence-corrected chi connectivity index (χ2v) is 7.54. The van der Waals surface area contributed by atoms with Crippen LogP contribution in [0.2, 0.25) is 0 Å². The molecule has 0 saturated heterocycles. The predicted octanol–water partition coefficient (Wildman–Crippen LogP) is 5.49. The van der Waals surface area contributed by atoms with Crippen LogP contribution in [0.1, 0.15) is 28.4 Å². The number of benzene rings is 4. The smallest absolute Gasteiger partial charge is 0.282 e. The molecule has 8 heteroatoms. The molecule has 4 rings (SSSR count). The van der Waals surface area contributed by atoms with Gasteiger partial charge in [0.2, 0.25) is 0 Å². The molecule has 8 nitrogen and oxygen atoms in total. The number of nitro benzene ring substituents is 1. The van der Waals surface area contributed by atoms with E-state index in [4.69, 9.17) is 9.47 Å². The van der Waals surface area contributed by atoms with Crippen LogP contribution >= 0.6 is 0 Å². The Balaban J connectivity index is 1.47. The first-order chi connectivity index (χ1) is 17.1. The third-order valence-electron chi connectivity index (χ3n) is 5.26. The van der Waals surface area contributed by atoms with Crippen molar-refractivity contribution in [1.29, 1.82) is 0 Å². The Kier molecular flexibility index (Phi) is 7.32. The van der Waals surface area contributed by atoms with Crippen LogP contribution in [0, 0.1) is 10.1 Å². The zero-order valence-electron chi connectivity index (χ0n) is 19.0. The van der Waals surface area contributed by atoms with Gasteiger partial charge in [-0.1, -0.05) is 54.6 Å². The minimum atomic E-state index is -0.673. The summed E-state index contributed by atoms with van der Waals surface area (Å²) in [6.45, 7) is 2.70. The first-order valence-corrected chi connectivity index (χ1v) is 11.0. The normalized spacial score (nSPS) is 10.9. The molecule has 35 heavy (non-hydrogen) atoms. The molecule has 0 aliphatic heterocycles. The van der Waals surface area contributed by atoms with E-state index in [1.54, 1.807) is 24.3 Å². The van der Waals surface area contributed by atoms with E-state index in [0.29, 0.717) is 30.3 Å². The number of nitrogens with zero attached hydrogens (tertiary/aromatic N) is 2. The van der Waals surface area contributed by atoms with E-state index in [9.17, 15) is 14.9 Å². The fourth-order valence-corrected chi connectivity index (χ4v) is 3.62. The summed E-state index contributed by atoms with van der Waals surface area (Å²) in [5.41, 5.74) is 3.70. The lowest BCUT2D eigenvalue weighted by Gasteiger charge is -2.13. The van der Waals surface area contributed by atoms with Crippen LogP contribution in [0.25, 0.3) is 10.8 Å². The molecule has 4 aromatic rings. The standard InChI is InChI=1S/C27H23N3O5/c1-2-34-26-16-19(17-28-29-27(31)23-12-5-6-13-24(23)30(32)33)14-15-25(26)35-18-21-10-7-9-20-8-3-4-11-22(20)21/h3-17H,2,18H2,1H3,(H,29,31)/b28-17-. The number of ether oxygens (including phenoxy) is 2. The molecular weight excluding hydrogens is 446 g/mol.